The minimum Gasteiger partial charge on any atom is -0.493 e. The predicted octanol–water partition coefficient (Wildman–Crippen LogP) is 1.63. The van der Waals surface area contributed by atoms with Crippen LogP contribution in [0.3, 0.4) is 0 Å². The van der Waals surface area contributed by atoms with Crippen molar-refractivity contribution in [2.45, 2.75) is 4.90 Å². The van der Waals surface area contributed by atoms with E-state index in [0.29, 0.717) is 31.2 Å². The lowest BCUT2D eigenvalue weighted by molar-refractivity contribution is -0.137. The molecule has 0 unspecified atom stereocenters. The number of rotatable bonds is 10. The summed E-state index contributed by atoms with van der Waals surface area (Å²) < 4.78 is 48.6. The van der Waals surface area contributed by atoms with Gasteiger partial charge in [-0.05, 0) is 24.3 Å². The monoisotopic (exact) mass is 464 g/mol. The van der Waals surface area contributed by atoms with Crippen molar-refractivity contribution in [1.29, 1.82) is 0 Å². The van der Waals surface area contributed by atoms with E-state index >= 15 is 0 Å². The fourth-order valence-corrected chi connectivity index (χ4v) is 4.73. The van der Waals surface area contributed by atoms with Crippen LogP contribution in [0.4, 0.5) is 0 Å². The summed E-state index contributed by atoms with van der Waals surface area (Å²) in [6.45, 7) is 1.58. The molecule has 0 spiro atoms. The Morgan fingerprint density at radius 1 is 0.906 bits per heavy atom. The zero-order chi connectivity index (χ0) is 23.0. The lowest BCUT2D eigenvalue weighted by Crippen LogP contribution is -2.51. The zero-order valence-corrected chi connectivity index (χ0v) is 19.0. The highest BCUT2D eigenvalue weighted by Crippen LogP contribution is 2.30. The van der Waals surface area contributed by atoms with Crippen molar-refractivity contribution in [2.75, 3.05) is 60.2 Å². The molecule has 0 atom stereocenters. The first-order chi connectivity index (χ1) is 15.5. The van der Waals surface area contributed by atoms with Gasteiger partial charge < -0.3 is 23.8 Å². The Labute approximate surface area is 188 Å². The third-order valence-corrected chi connectivity index (χ3v) is 6.94. The summed E-state index contributed by atoms with van der Waals surface area (Å²) in [5.41, 5.74) is 0. The van der Waals surface area contributed by atoms with Crippen LogP contribution in [0, 0.1) is 0 Å². The Kier molecular flexibility index (Phi) is 8.32. The number of benzene rings is 2. The largest absolute Gasteiger partial charge is 0.493 e. The van der Waals surface area contributed by atoms with Crippen molar-refractivity contribution in [3.05, 3.63) is 48.5 Å². The number of piperazine rings is 1. The standard InChI is InChI=1S/C22H28N2O7S/c1-28-20-9-8-19(16-21(20)29-2)32(26,27)24-12-10-23(11-13-24)22(25)17-30-14-15-31-18-6-4-3-5-7-18/h3-9,16H,10-15,17H2,1-2H3. The molecule has 1 aliphatic rings. The molecule has 2 aromatic carbocycles. The van der Waals surface area contributed by atoms with Gasteiger partial charge in [-0.15, -0.1) is 0 Å². The van der Waals surface area contributed by atoms with Crippen LogP contribution >= 0.6 is 0 Å². The summed E-state index contributed by atoms with van der Waals surface area (Å²) in [5, 5.41) is 0. The number of methoxy groups -OCH3 is 2. The van der Waals surface area contributed by atoms with Gasteiger partial charge in [0.15, 0.2) is 11.5 Å². The molecular formula is C22H28N2O7S. The Morgan fingerprint density at radius 2 is 1.59 bits per heavy atom. The van der Waals surface area contributed by atoms with Crippen LogP contribution in [-0.4, -0.2) is 83.7 Å². The molecule has 0 saturated carbocycles. The van der Waals surface area contributed by atoms with Crippen molar-refractivity contribution in [2.24, 2.45) is 0 Å². The number of carbonyl (C=O) groups is 1. The highest BCUT2D eigenvalue weighted by Gasteiger charge is 2.30. The van der Waals surface area contributed by atoms with Gasteiger partial charge >= 0.3 is 0 Å². The quantitative estimate of drug-likeness (QED) is 0.493. The van der Waals surface area contributed by atoms with Crippen LogP contribution in [0.5, 0.6) is 17.2 Å². The normalized spacial score (nSPS) is 14.8. The molecular weight excluding hydrogens is 436 g/mol. The molecule has 9 nitrogen and oxygen atoms in total. The highest BCUT2D eigenvalue weighted by atomic mass is 32.2. The molecule has 1 aliphatic heterocycles. The Hall–Kier alpha value is -2.82. The molecule has 1 amide bonds. The van der Waals surface area contributed by atoms with Gasteiger partial charge in [0.05, 0.1) is 25.7 Å². The molecule has 1 fully saturated rings. The van der Waals surface area contributed by atoms with E-state index < -0.39 is 10.0 Å². The van der Waals surface area contributed by atoms with E-state index in [-0.39, 0.29) is 37.1 Å². The fraction of sp³-hybridized carbons (Fsp3) is 0.409. The van der Waals surface area contributed by atoms with Gasteiger partial charge in [-0.25, -0.2) is 8.42 Å². The number of sulfonamides is 1. The van der Waals surface area contributed by atoms with Crippen molar-refractivity contribution in [1.82, 2.24) is 9.21 Å². The first-order valence-corrected chi connectivity index (χ1v) is 11.6. The minimum atomic E-state index is -3.71. The molecule has 0 bridgehead atoms. The molecule has 0 aromatic heterocycles. The SMILES string of the molecule is COc1ccc(S(=O)(=O)N2CCN(C(=O)COCCOc3ccccc3)CC2)cc1OC. The Bertz CT molecular complexity index is 991. The second kappa shape index (κ2) is 11.2. The summed E-state index contributed by atoms with van der Waals surface area (Å²) in [6.07, 6.45) is 0. The smallest absolute Gasteiger partial charge is 0.248 e. The summed E-state index contributed by atoms with van der Waals surface area (Å²) in [7, 11) is -0.766. The van der Waals surface area contributed by atoms with E-state index in [1.54, 1.807) is 11.0 Å². The number of hydrogen-bond donors (Lipinski definition) is 0. The van der Waals surface area contributed by atoms with Gasteiger partial charge in [0.2, 0.25) is 15.9 Å². The van der Waals surface area contributed by atoms with Gasteiger partial charge in [0.1, 0.15) is 19.0 Å². The molecule has 1 heterocycles. The van der Waals surface area contributed by atoms with Crippen LogP contribution in [0.15, 0.2) is 53.4 Å². The van der Waals surface area contributed by atoms with E-state index in [2.05, 4.69) is 0 Å². The van der Waals surface area contributed by atoms with E-state index in [4.69, 9.17) is 18.9 Å². The van der Waals surface area contributed by atoms with Gasteiger partial charge in [-0.3, -0.25) is 4.79 Å². The average Bonchev–Trinajstić information content (AvgIpc) is 2.84. The minimum absolute atomic E-state index is 0.0689. The van der Waals surface area contributed by atoms with Gasteiger partial charge in [0.25, 0.3) is 0 Å². The third-order valence-electron chi connectivity index (χ3n) is 5.05. The summed E-state index contributed by atoms with van der Waals surface area (Å²) in [4.78, 5) is 14.1. The Morgan fingerprint density at radius 3 is 2.25 bits per heavy atom. The first-order valence-electron chi connectivity index (χ1n) is 10.2. The lowest BCUT2D eigenvalue weighted by Gasteiger charge is -2.34. The van der Waals surface area contributed by atoms with Crippen LogP contribution in [0.2, 0.25) is 0 Å². The topological polar surface area (TPSA) is 94.6 Å². The van der Waals surface area contributed by atoms with Gasteiger partial charge in [-0.2, -0.15) is 4.31 Å². The van der Waals surface area contributed by atoms with E-state index in [1.807, 2.05) is 30.3 Å². The first kappa shape index (κ1) is 23.8. The predicted molar refractivity (Wildman–Crippen MR) is 118 cm³/mol. The summed E-state index contributed by atoms with van der Waals surface area (Å²) in [6, 6.07) is 13.8. The van der Waals surface area contributed by atoms with Crippen molar-refractivity contribution in [3.8, 4) is 17.2 Å². The molecule has 174 valence electrons. The zero-order valence-electron chi connectivity index (χ0n) is 18.2. The van der Waals surface area contributed by atoms with E-state index in [0.717, 1.165) is 5.75 Å². The van der Waals surface area contributed by atoms with Crippen LogP contribution < -0.4 is 14.2 Å². The number of nitrogens with zero attached hydrogens (tertiary/aromatic N) is 2. The van der Waals surface area contributed by atoms with Crippen LogP contribution in [0.1, 0.15) is 0 Å². The second-order valence-electron chi connectivity index (χ2n) is 7.02. The fourth-order valence-electron chi connectivity index (χ4n) is 3.29. The lowest BCUT2D eigenvalue weighted by atomic mass is 10.3. The summed E-state index contributed by atoms with van der Waals surface area (Å²) >= 11 is 0. The highest BCUT2D eigenvalue weighted by molar-refractivity contribution is 7.89. The molecule has 1 saturated heterocycles. The molecule has 10 heteroatoms. The molecule has 0 radical (unpaired) electrons. The van der Waals surface area contributed by atoms with Crippen LogP contribution in [-0.2, 0) is 19.6 Å². The number of ether oxygens (including phenoxy) is 4. The maximum absolute atomic E-state index is 13.0. The molecule has 2 aromatic rings. The van der Waals surface area contributed by atoms with Gasteiger partial charge in [-0.1, -0.05) is 18.2 Å². The molecule has 32 heavy (non-hydrogen) atoms. The van der Waals surface area contributed by atoms with Crippen LogP contribution in [0.25, 0.3) is 0 Å². The maximum atomic E-state index is 13.0. The van der Waals surface area contributed by atoms with E-state index in [1.165, 1.54) is 30.7 Å². The summed E-state index contributed by atoms with van der Waals surface area (Å²) in [5.74, 6) is 1.37. The number of carbonyl (C=O) groups excluding carboxylic acids is 1. The van der Waals surface area contributed by atoms with Crippen molar-refractivity contribution >= 4 is 15.9 Å². The molecule has 3 rings (SSSR count). The molecule has 0 N–H and O–H groups in total. The van der Waals surface area contributed by atoms with E-state index in [9.17, 15) is 13.2 Å². The number of para-hydroxylation sites is 1. The van der Waals surface area contributed by atoms with Gasteiger partial charge in [0, 0.05) is 32.2 Å². The third kappa shape index (κ3) is 5.90. The second-order valence-corrected chi connectivity index (χ2v) is 8.95. The number of amides is 1. The van der Waals surface area contributed by atoms with Crippen molar-refractivity contribution < 1.29 is 32.2 Å². The molecule has 0 aliphatic carbocycles. The number of hydrogen-bond acceptors (Lipinski definition) is 7. The van der Waals surface area contributed by atoms with Crippen molar-refractivity contribution in [3.63, 3.8) is 0 Å². The average molecular weight is 465 g/mol. The Balaban J connectivity index is 1.45. The maximum Gasteiger partial charge on any atom is 0.248 e.